The normalized spacial score (nSPS) is 20.1. The fourth-order valence-electron chi connectivity index (χ4n) is 5.32. The van der Waals surface area contributed by atoms with Crippen LogP contribution in [0.15, 0.2) is 39.5 Å². The zero-order valence-electron chi connectivity index (χ0n) is 18.2. The van der Waals surface area contributed by atoms with E-state index in [2.05, 4.69) is 22.4 Å². The highest BCUT2D eigenvalue weighted by Crippen LogP contribution is 2.44. The van der Waals surface area contributed by atoms with Gasteiger partial charge in [-0.2, -0.15) is 11.8 Å². The number of aromatic nitrogens is 1. The molecule has 3 N–H and O–H groups in total. The number of rotatable bonds is 4. The van der Waals surface area contributed by atoms with Crippen LogP contribution in [-0.2, 0) is 16.6 Å². The van der Waals surface area contributed by atoms with Gasteiger partial charge in [-0.1, -0.05) is 18.2 Å². The maximum absolute atomic E-state index is 13.3. The van der Waals surface area contributed by atoms with Gasteiger partial charge < -0.3 is 19.8 Å². The first kappa shape index (κ1) is 21.2. The molecule has 5 rings (SSSR count). The molecule has 1 aliphatic heterocycles. The molecule has 1 amide bonds. The molecular formula is C25H28N2O4S. The van der Waals surface area contributed by atoms with Gasteiger partial charge in [0.1, 0.15) is 5.76 Å². The number of carbonyl (C=O) groups excluding carboxylic acids is 1. The van der Waals surface area contributed by atoms with Crippen molar-refractivity contribution in [1.82, 2.24) is 10.3 Å². The van der Waals surface area contributed by atoms with Crippen LogP contribution in [0, 0.1) is 6.92 Å². The Hall–Kier alpha value is -2.67. The molecular weight excluding hydrogens is 424 g/mol. The van der Waals surface area contributed by atoms with Crippen LogP contribution >= 0.6 is 11.8 Å². The van der Waals surface area contributed by atoms with Gasteiger partial charge in [-0.05, 0) is 62.2 Å². The Morgan fingerprint density at radius 2 is 2.09 bits per heavy atom. The minimum atomic E-state index is -0.664. The van der Waals surface area contributed by atoms with Crippen LogP contribution in [-0.4, -0.2) is 27.5 Å². The summed E-state index contributed by atoms with van der Waals surface area (Å²) < 4.78 is 5.87. The van der Waals surface area contributed by atoms with Crippen molar-refractivity contribution in [3.8, 4) is 5.75 Å². The average Bonchev–Trinajstić information content (AvgIpc) is 3.17. The first-order chi connectivity index (χ1) is 15.5. The largest absolute Gasteiger partial charge is 0.502 e. The number of benzene rings is 1. The van der Waals surface area contributed by atoms with Crippen LogP contribution < -0.4 is 10.7 Å². The maximum Gasteiger partial charge on any atom is 0.227 e. The molecule has 0 bridgehead atoms. The number of carbonyl (C=O) groups is 1. The third kappa shape index (κ3) is 3.72. The molecule has 0 spiro atoms. The van der Waals surface area contributed by atoms with Crippen molar-refractivity contribution in [2.45, 2.75) is 56.9 Å². The molecule has 1 saturated heterocycles. The van der Waals surface area contributed by atoms with Crippen molar-refractivity contribution in [2.75, 3.05) is 11.5 Å². The third-order valence-electron chi connectivity index (χ3n) is 6.93. The number of hydrogen-bond donors (Lipinski definition) is 3. The molecule has 1 aliphatic carbocycles. The van der Waals surface area contributed by atoms with Crippen LogP contribution in [0.4, 0.5) is 0 Å². The van der Waals surface area contributed by atoms with Gasteiger partial charge in [-0.15, -0.1) is 0 Å². The van der Waals surface area contributed by atoms with Gasteiger partial charge in [0.25, 0.3) is 0 Å². The highest BCUT2D eigenvalue weighted by atomic mass is 32.2. The number of H-pyrrole nitrogens is 1. The highest BCUT2D eigenvalue weighted by Gasteiger charge is 2.42. The standard InChI is InChI=1S/C25H28N2O4S/c1-15-13-20(28)23(30)24(31-15)25(9-11-32-12-10-25)14-21(29)26-19-8-4-6-17-16-5-2-3-7-18(16)27-22(17)19/h2-3,5,7,13,19,27,30H,4,6,8-12,14H2,1H3,(H,26,29). The van der Waals surface area contributed by atoms with Crippen molar-refractivity contribution in [1.29, 1.82) is 0 Å². The van der Waals surface area contributed by atoms with Crippen LogP contribution in [0.5, 0.6) is 5.75 Å². The van der Waals surface area contributed by atoms with E-state index in [0.29, 0.717) is 18.6 Å². The fourth-order valence-corrected chi connectivity index (χ4v) is 6.60. The molecule has 0 saturated carbocycles. The summed E-state index contributed by atoms with van der Waals surface area (Å²) in [5.74, 6) is 2.02. The SMILES string of the molecule is Cc1cc(=O)c(O)c(C2(CC(=O)NC3CCCc4c3[nH]c3ccccc43)CCSCC2)o1. The first-order valence-electron chi connectivity index (χ1n) is 11.3. The number of para-hydroxylation sites is 1. The lowest BCUT2D eigenvalue weighted by atomic mass is 9.75. The van der Waals surface area contributed by atoms with Crippen molar-refractivity contribution < 1.29 is 14.3 Å². The first-order valence-corrected chi connectivity index (χ1v) is 12.4. The Kier molecular flexibility index (Phi) is 5.53. The molecule has 2 aromatic heterocycles. The summed E-state index contributed by atoms with van der Waals surface area (Å²) in [6, 6.07) is 9.50. The summed E-state index contributed by atoms with van der Waals surface area (Å²) in [5, 5.41) is 15.0. The van der Waals surface area contributed by atoms with Crippen molar-refractivity contribution in [3.63, 3.8) is 0 Å². The Labute approximate surface area is 190 Å². The Balaban J connectivity index is 1.43. The summed E-state index contributed by atoms with van der Waals surface area (Å²) in [5.41, 5.74) is 2.39. The number of aromatic amines is 1. The van der Waals surface area contributed by atoms with Crippen LogP contribution in [0.3, 0.4) is 0 Å². The minimum Gasteiger partial charge on any atom is -0.502 e. The zero-order valence-corrected chi connectivity index (χ0v) is 19.0. The van der Waals surface area contributed by atoms with E-state index in [1.54, 1.807) is 6.92 Å². The number of aryl methyl sites for hydroxylation is 2. The molecule has 1 fully saturated rings. The summed E-state index contributed by atoms with van der Waals surface area (Å²) in [4.78, 5) is 29.1. The highest BCUT2D eigenvalue weighted by molar-refractivity contribution is 7.99. The molecule has 1 aromatic carbocycles. The monoisotopic (exact) mass is 452 g/mol. The lowest BCUT2D eigenvalue weighted by Crippen LogP contribution is -2.40. The van der Waals surface area contributed by atoms with E-state index in [-0.39, 0.29) is 29.9 Å². The minimum absolute atomic E-state index is 0.0632. The second-order valence-electron chi connectivity index (χ2n) is 9.04. The molecule has 32 heavy (non-hydrogen) atoms. The predicted molar refractivity (Wildman–Crippen MR) is 126 cm³/mol. The second-order valence-corrected chi connectivity index (χ2v) is 10.3. The van der Waals surface area contributed by atoms with Crippen LogP contribution in [0.2, 0.25) is 0 Å². The number of hydrogen-bond acceptors (Lipinski definition) is 5. The Bertz CT molecular complexity index is 1220. The summed E-state index contributed by atoms with van der Waals surface area (Å²) in [6.45, 7) is 1.70. The Morgan fingerprint density at radius 3 is 2.91 bits per heavy atom. The van der Waals surface area contributed by atoms with Crippen molar-refractivity contribution >= 4 is 28.6 Å². The van der Waals surface area contributed by atoms with Gasteiger partial charge in [0.15, 0.2) is 5.76 Å². The van der Waals surface area contributed by atoms with Crippen molar-refractivity contribution in [2.24, 2.45) is 0 Å². The van der Waals surface area contributed by atoms with Gasteiger partial charge in [-0.25, -0.2) is 0 Å². The van der Waals surface area contributed by atoms with E-state index in [4.69, 9.17) is 4.42 Å². The Morgan fingerprint density at radius 1 is 1.31 bits per heavy atom. The topological polar surface area (TPSA) is 95.3 Å². The summed E-state index contributed by atoms with van der Waals surface area (Å²) in [6.07, 6.45) is 4.49. The third-order valence-corrected chi connectivity index (χ3v) is 7.91. The number of thioether (sulfide) groups is 1. The lowest BCUT2D eigenvalue weighted by molar-refractivity contribution is -0.123. The van der Waals surface area contributed by atoms with Crippen LogP contribution in [0.1, 0.15) is 60.9 Å². The number of amides is 1. The smallest absolute Gasteiger partial charge is 0.227 e. The average molecular weight is 453 g/mol. The molecule has 3 heterocycles. The van der Waals surface area contributed by atoms with E-state index in [0.717, 1.165) is 42.0 Å². The van der Waals surface area contributed by atoms with Gasteiger partial charge in [0.05, 0.1) is 6.04 Å². The van der Waals surface area contributed by atoms with Gasteiger partial charge in [-0.3, -0.25) is 9.59 Å². The summed E-state index contributed by atoms with van der Waals surface area (Å²) >= 11 is 1.82. The molecule has 7 heteroatoms. The second kappa shape index (κ2) is 8.35. The van der Waals surface area contributed by atoms with Crippen LogP contribution in [0.25, 0.3) is 10.9 Å². The summed E-state index contributed by atoms with van der Waals surface area (Å²) in [7, 11) is 0. The number of fused-ring (bicyclic) bond motifs is 3. The predicted octanol–water partition coefficient (Wildman–Crippen LogP) is 4.48. The van der Waals surface area contributed by atoms with Crippen molar-refractivity contribution in [3.05, 3.63) is 63.3 Å². The van der Waals surface area contributed by atoms with E-state index in [9.17, 15) is 14.7 Å². The van der Waals surface area contributed by atoms with Gasteiger partial charge in [0, 0.05) is 34.5 Å². The molecule has 1 atom stereocenters. The number of nitrogens with one attached hydrogen (secondary N) is 2. The quantitative estimate of drug-likeness (QED) is 0.542. The zero-order chi connectivity index (χ0) is 22.3. The van der Waals surface area contributed by atoms with E-state index in [1.807, 2.05) is 23.9 Å². The van der Waals surface area contributed by atoms with Gasteiger partial charge in [0.2, 0.25) is 17.1 Å². The van der Waals surface area contributed by atoms with E-state index in [1.165, 1.54) is 17.0 Å². The fraction of sp³-hybridized carbons (Fsp3) is 0.440. The molecule has 1 unspecified atom stereocenters. The van der Waals surface area contributed by atoms with Gasteiger partial charge >= 0.3 is 0 Å². The molecule has 0 radical (unpaired) electrons. The molecule has 2 aliphatic rings. The van der Waals surface area contributed by atoms with E-state index >= 15 is 0 Å². The number of aromatic hydroxyl groups is 1. The van der Waals surface area contributed by atoms with E-state index < -0.39 is 10.8 Å². The molecule has 6 nitrogen and oxygen atoms in total. The maximum atomic E-state index is 13.3. The molecule has 3 aromatic rings. The molecule has 168 valence electrons. The lowest BCUT2D eigenvalue weighted by Gasteiger charge is -2.36.